The van der Waals surface area contributed by atoms with Gasteiger partial charge in [-0.3, -0.25) is 9.48 Å². The van der Waals surface area contributed by atoms with Crippen LogP contribution in [0.5, 0.6) is 0 Å². The van der Waals surface area contributed by atoms with Crippen LogP contribution >= 0.6 is 12.4 Å². The minimum absolute atomic E-state index is 0. The van der Waals surface area contributed by atoms with E-state index in [0.29, 0.717) is 26.3 Å². The molecule has 25 heavy (non-hydrogen) atoms. The molecule has 0 unspecified atom stereocenters. The molecule has 1 aromatic carbocycles. The van der Waals surface area contributed by atoms with Gasteiger partial charge in [0.1, 0.15) is 0 Å². The number of carbonyl (C=O) groups is 1. The summed E-state index contributed by atoms with van der Waals surface area (Å²) in [6.07, 6.45) is 3.84. The van der Waals surface area contributed by atoms with Crippen molar-refractivity contribution >= 4 is 18.3 Å². The number of hydrogen-bond donors (Lipinski definition) is 2. The maximum Gasteiger partial charge on any atom is 0.225 e. The molecule has 2 N–H and O–H groups in total. The summed E-state index contributed by atoms with van der Waals surface area (Å²) in [6, 6.07) is 10.0. The summed E-state index contributed by atoms with van der Waals surface area (Å²) in [6.45, 7) is 3.13. The van der Waals surface area contributed by atoms with E-state index in [1.54, 1.807) is 4.68 Å². The molecule has 3 rings (SSSR count). The highest BCUT2D eigenvalue weighted by Gasteiger charge is 2.34. The Labute approximate surface area is 154 Å². The first kappa shape index (κ1) is 19.4. The second-order valence-electron chi connectivity index (χ2n) is 6.15. The lowest BCUT2D eigenvalue weighted by atomic mass is 9.90. The molecule has 136 valence electrons. The summed E-state index contributed by atoms with van der Waals surface area (Å²) in [5, 5.41) is 10.5. The molecule has 1 amide bonds. The molecule has 1 aromatic heterocycles. The van der Waals surface area contributed by atoms with E-state index in [-0.39, 0.29) is 30.2 Å². The third-order valence-corrected chi connectivity index (χ3v) is 4.36. The molecule has 0 aliphatic carbocycles. The average Bonchev–Trinajstić information content (AvgIpc) is 3.24. The summed E-state index contributed by atoms with van der Waals surface area (Å²) < 4.78 is 7.38. The van der Waals surface area contributed by atoms with Crippen LogP contribution in [0, 0.1) is 5.92 Å². The van der Waals surface area contributed by atoms with Gasteiger partial charge in [-0.25, -0.2) is 0 Å². The van der Waals surface area contributed by atoms with Gasteiger partial charge in [-0.15, -0.1) is 12.4 Å². The number of rotatable bonds is 7. The molecule has 6 nitrogen and oxygen atoms in total. The van der Waals surface area contributed by atoms with Crippen molar-refractivity contribution in [2.75, 3.05) is 26.2 Å². The lowest BCUT2D eigenvalue weighted by Gasteiger charge is -2.17. The van der Waals surface area contributed by atoms with Gasteiger partial charge in [0.25, 0.3) is 0 Å². The summed E-state index contributed by atoms with van der Waals surface area (Å²) in [5.41, 5.74) is 2.25. The number of benzene rings is 1. The Hall–Kier alpha value is -1.89. The molecule has 7 heteroatoms. The van der Waals surface area contributed by atoms with E-state index in [1.807, 2.05) is 49.8 Å². The topological polar surface area (TPSA) is 68.2 Å². The van der Waals surface area contributed by atoms with Gasteiger partial charge in [0, 0.05) is 38.8 Å². The van der Waals surface area contributed by atoms with Crippen LogP contribution in [-0.2, 0) is 23.2 Å². The van der Waals surface area contributed by atoms with Gasteiger partial charge in [0.15, 0.2) is 0 Å². The molecule has 0 radical (unpaired) electrons. The fourth-order valence-corrected chi connectivity index (χ4v) is 3.08. The summed E-state index contributed by atoms with van der Waals surface area (Å²) in [7, 11) is 1.89. The van der Waals surface area contributed by atoms with Crippen LogP contribution in [0.25, 0.3) is 0 Å². The number of aryl methyl sites for hydroxylation is 1. The van der Waals surface area contributed by atoms with Crippen LogP contribution in [-0.4, -0.2) is 41.9 Å². The van der Waals surface area contributed by atoms with Gasteiger partial charge >= 0.3 is 0 Å². The van der Waals surface area contributed by atoms with Crippen molar-refractivity contribution in [3.8, 4) is 0 Å². The molecule has 1 aliphatic rings. The van der Waals surface area contributed by atoms with E-state index in [9.17, 15) is 4.79 Å². The predicted octanol–water partition coefficient (Wildman–Crippen LogP) is 1.48. The molecule has 2 heterocycles. The number of carbonyl (C=O) groups excluding carboxylic acids is 1. The molecule has 1 aliphatic heterocycles. The minimum atomic E-state index is -0.0525. The molecular weight excluding hydrogens is 340 g/mol. The second-order valence-corrected chi connectivity index (χ2v) is 6.15. The highest BCUT2D eigenvalue weighted by molar-refractivity contribution is 5.85. The molecule has 1 saturated heterocycles. The van der Waals surface area contributed by atoms with E-state index in [0.717, 1.165) is 17.7 Å². The van der Waals surface area contributed by atoms with Crippen LogP contribution in [0.15, 0.2) is 42.7 Å². The summed E-state index contributed by atoms with van der Waals surface area (Å²) in [5.74, 6) is 0.212. The fourth-order valence-electron chi connectivity index (χ4n) is 3.08. The van der Waals surface area contributed by atoms with E-state index in [1.165, 1.54) is 0 Å². The molecule has 1 fully saturated rings. The standard InChI is InChI=1S/C18H24N4O2.ClH/c1-22-12-15(9-21-22)16-10-19-11-17(16)18(23)20-7-8-24-13-14-5-3-2-4-6-14;/h2-6,9,12,16-17,19H,7-8,10-11,13H2,1H3,(H,20,23);1H/t16-,17+;/m1./s1. The highest BCUT2D eigenvalue weighted by Crippen LogP contribution is 2.27. The smallest absolute Gasteiger partial charge is 0.225 e. The molecule has 0 spiro atoms. The molecule has 2 aromatic rings. The second kappa shape index (κ2) is 9.56. The van der Waals surface area contributed by atoms with Crippen LogP contribution in [0.3, 0.4) is 0 Å². The van der Waals surface area contributed by atoms with Crippen LogP contribution < -0.4 is 10.6 Å². The van der Waals surface area contributed by atoms with Gasteiger partial charge in [-0.1, -0.05) is 30.3 Å². The maximum atomic E-state index is 12.4. The van der Waals surface area contributed by atoms with E-state index in [2.05, 4.69) is 15.7 Å². The van der Waals surface area contributed by atoms with Crippen LogP contribution in [0.4, 0.5) is 0 Å². The number of nitrogens with one attached hydrogen (secondary N) is 2. The monoisotopic (exact) mass is 364 g/mol. The van der Waals surface area contributed by atoms with Crippen molar-refractivity contribution < 1.29 is 9.53 Å². The zero-order valence-electron chi connectivity index (χ0n) is 14.4. The number of halogens is 1. The first-order valence-electron chi connectivity index (χ1n) is 8.32. The zero-order valence-corrected chi connectivity index (χ0v) is 15.2. The molecule has 2 atom stereocenters. The Morgan fingerprint density at radius 3 is 2.88 bits per heavy atom. The fraction of sp³-hybridized carbons (Fsp3) is 0.444. The van der Waals surface area contributed by atoms with Crippen molar-refractivity contribution in [3.05, 3.63) is 53.9 Å². The third-order valence-electron chi connectivity index (χ3n) is 4.36. The molecule has 0 saturated carbocycles. The van der Waals surface area contributed by atoms with E-state index >= 15 is 0 Å². The zero-order chi connectivity index (χ0) is 16.8. The molecular formula is C18H25ClN4O2. The quantitative estimate of drug-likeness (QED) is 0.730. The lowest BCUT2D eigenvalue weighted by molar-refractivity contribution is -0.125. The Morgan fingerprint density at radius 1 is 1.36 bits per heavy atom. The first-order chi connectivity index (χ1) is 11.7. The van der Waals surface area contributed by atoms with Crippen molar-refractivity contribution in [3.63, 3.8) is 0 Å². The van der Waals surface area contributed by atoms with Crippen molar-refractivity contribution in [2.24, 2.45) is 13.0 Å². The van der Waals surface area contributed by atoms with Crippen molar-refractivity contribution in [1.29, 1.82) is 0 Å². The number of ether oxygens (including phenoxy) is 1. The van der Waals surface area contributed by atoms with E-state index < -0.39 is 0 Å². The van der Waals surface area contributed by atoms with Gasteiger partial charge < -0.3 is 15.4 Å². The average molecular weight is 365 g/mol. The largest absolute Gasteiger partial charge is 0.375 e. The Morgan fingerprint density at radius 2 is 2.16 bits per heavy atom. The Balaban J connectivity index is 0.00000225. The number of hydrogen-bond acceptors (Lipinski definition) is 4. The number of nitrogens with zero attached hydrogens (tertiary/aromatic N) is 2. The Bertz CT molecular complexity index is 662. The number of aromatic nitrogens is 2. The minimum Gasteiger partial charge on any atom is -0.375 e. The Kier molecular flexibility index (Phi) is 7.43. The van der Waals surface area contributed by atoms with Gasteiger partial charge in [0.05, 0.1) is 25.3 Å². The maximum absolute atomic E-state index is 12.4. The predicted molar refractivity (Wildman–Crippen MR) is 98.7 cm³/mol. The van der Waals surface area contributed by atoms with Crippen molar-refractivity contribution in [2.45, 2.75) is 12.5 Å². The first-order valence-corrected chi connectivity index (χ1v) is 8.32. The third kappa shape index (κ3) is 5.29. The number of amides is 1. The van der Waals surface area contributed by atoms with Crippen LogP contribution in [0.1, 0.15) is 17.0 Å². The van der Waals surface area contributed by atoms with Gasteiger partial charge in [-0.2, -0.15) is 5.10 Å². The van der Waals surface area contributed by atoms with Crippen LogP contribution in [0.2, 0.25) is 0 Å². The normalized spacial score (nSPS) is 19.4. The van der Waals surface area contributed by atoms with E-state index in [4.69, 9.17) is 4.74 Å². The lowest BCUT2D eigenvalue weighted by Crippen LogP contribution is -2.36. The molecule has 0 bridgehead atoms. The summed E-state index contributed by atoms with van der Waals surface area (Å²) in [4.78, 5) is 12.4. The van der Waals surface area contributed by atoms with Crippen molar-refractivity contribution in [1.82, 2.24) is 20.4 Å². The van der Waals surface area contributed by atoms with Gasteiger partial charge in [0.2, 0.25) is 5.91 Å². The van der Waals surface area contributed by atoms with Gasteiger partial charge in [-0.05, 0) is 11.1 Å². The SMILES string of the molecule is Cl.Cn1cc([C@H]2CNC[C@@H]2C(=O)NCCOCc2ccccc2)cn1. The summed E-state index contributed by atoms with van der Waals surface area (Å²) >= 11 is 0. The highest BCUT2D eigenvalue weighted by atomic mass is 35.5.